The minimum absolute atomic E-state index is 0.0369. The van der Waals surface area contributed by atoms with Gasteiger partial charge in [0.2, 0.25) is 5.82 Å². The van der Waals surface area contributed by atoms with E-state index in [0.29, 0.717) is 0 Å². The molecule has 21 heavy (non-hydrogen) atoms. The fourth-order valence-corrected chi connectivity index (χ4v) is 1.77. The molecule has 0 saturated heterocycles. The van der Waals surface area contributed by atoms with Gasteiger partial charge in [-0.25, -0.2) is 0 Å². The summed E-state index contributed by atoms with van der Waals surface area (Å²) < 4.78 is 13.2. The number of hydrogen-bond acceptors (Lipinski definition) is 4. The van der Waals surface area contributed by atoms with E-state index in [1.54, 1.807) is 18.5 Å². The molecule has 0 aliphatic heterocycles. The lowest BCUT2D eigenvalue weighted by Gasteiger charge is -2.07. The minimum Gasteiger partial charge on any atom is -0.348 e. The molecule has 0 fully saturated rings. The number of nitrogens with zero attached hydrogens (tertiary/aromatic N) is 2. The smallest absolute Gasteiger partial charge is 0.305 e. The topological polar surface area (TPSA) is 85.1 Å². The number of amides is 1. The zero-order valence-electron chi connectivity index (χ0n) is 11.2. The quantitative estimate of drug-likeness (QED) is 0.691. The normalized spacial score (nSPS) is 10.2. The van der Waals surface area contributed by atoms with Gasteiger partial charge in [0, 0.05) is 30.6 Å². The molecule has 0 unspecified atom stereocenters. The Balaban J connectivity index is 2.12. The second-order valence-corrected chi connectivity index (χ2v) is 4.41. The van der Waals surface area contributed by atoms with Crippen LogP contribution in [0.3, 0.4) is 0 Å². The maximum atomic E-state index is 13.2. The first kappa shape index (κ1) is 14.6. The summed E-state index contributed by atoms with van der Waals surface area (Å²) in [5, 5.41) is 13.3. The molecule has 0 spiro atoms. The average Bonchev–Trinajstić information content (AvgIpc) is 2.46. The number of halogens is 1. The van der Waals surface area contributed by atoms with Gasteiger partial charge >= 0.3 is 5.69 Å². The lowest BCUT2D eigenvalue weighted by atomic mass is 10.1. The SMILES string of the molecule is Cc1cnccc1CNC(=O)c1ccc(F)c([N+](=O)[O-])c1. The lowest BCUT2D eigenvalue weighted by molar-refractivity contribution is -0.387. The van der Waals surface area contributed by atoms with Gasteiger partial charge in [-0.3, -0.25) is 19.9 Å². The molecule has 1 N–H and O–H groups in total. The molecule has 1 heterocycles. The summed E-state index contributed by atoms with van der Waals surface area (Å²) in [6, 6.07) is 4.80. The van der Waals surface area contributed by atoms with Gasteiger partial charge in [-0.05, 0) is 36.2 Å². The van der Waals surface area contributed by atoms with E-state index in [2.05, 4.69) is 10.3 Å². The third-order valence-electron chi connectivity index (χ3n) is 2.98. The number of carbonyl (C=O) groups is 1. The molecule has 0 bridgehead atoms. The van der Waals surface area contributed by atoms with Crippen LogP contribution in [0.2, 0.25) is 0 Å². The largest absolute Gasteiger partial charge is 0.348 e. The highest BCUT2D eigenvalue weighted by atomic mass is 19.1. The highest BCUT2D eigenvalue weighted by Crippen LogP contribution is 2.18. The predicted molar refractivity (Wildman–Crippen MR) is 73.2 cm³/mol. The fraction of sp³-hybridized carbons (Fsp3) is 0.143. The van der Waals surface area contributed by atoms with Gasteiger partial charge in [-0.2, -0.15) is 4.39 Å². The number of carbonyl (C=O) groups excluding carboxylic acids is 1. The fourth-order valence-electron chi connectivity index (χ4n) is 1.77. The van der Waals surface area contributed by atoms with Crippen molar-refractivity contribution >= 4 is 11.6 Å². The summed E-state index contributed by atoms with van der Waals surface area (Å²) in [5.74, 6) is -1.48. The van der Waals surface area contributed by atoms with Crippen molar-refractivity contribution in [3.8, 4) is 0 Å². The van der Waals surface area contributed by atoms with Crippen molar-refractivity contribution in [3.05, 3.63) is 69.3 Å². The molecule has 0 aliphatic rings. The number of nitro groups is 1. The van der Waals surface area contributed by atoms with Crippen molar-refractivity contribution < 1.29 is 14.1 Å². The van der Waals surface area contributed by atoms with E-state index in [4.69, 9.17) is 0 Å². The van der Waals surface area contributed by atoms with Crippen LogP contribution in [0.4, 0.5) is 10.1 Å². The molecule has 1 aromatic heterocycles. The lowest BCUT2D eigenvalue weighted by Crippen LogP contribution is -2.23. The van der Waals surface area contributed by atoms with Crippen molar-refractivity contribution in [2.75, 3.05) is 0 Å². The molecule has 2 rings (SSSR count). The molecule has 2 aromatic rings. The summed E-state index contributed by atoms with van der Waals surface area (Å²) in [4.78, 5) is 25.7. The third kappa shape index (κ3) is 3.38. The maximum Gasteiger partial charge on any atom is 0.305 e. The van der Waals surface area contributed by atoms with Crippen LogP contribution < -0.4 is 5.32 Å². The number of rotatable bonds is 4. The summed E-state index contributed by atoms with van der Waals surface area (Å²) in [7, 11) is 0. The zero-order valence-corrected chi connectivity index (χ0v) is 11.2. The average molecular weight is 289 g/mol. The van der Waals surface area contributed by atoms with Crippen molar-refractivity contribution in [2.45, 2.75) is 13.5 Å². The Bertz CT molecular complexity index is 704. The van der Waals surface area contributed by atoms with E-state index in [9.17, 15) is 19.3 Å². The number of nitro benzene ring substituents is 1. The summed E-state index contributed by atoms with van der Waals surface area (Å²) in [6.45, 7) is 2.12. The summed E-state index contributed by atoms with van der Waals surface area (Å²) >= 11 is 0. The molecular weight excluding hydrogens is 277 g/mol. The molecule has 0 radical (unpaired) electrons. The molecule has 7 heteroatoms. The number of pyridine rings is 1. The van der Waals surface area contributed by atoms with Crippen molar-refractivity contribution in [1.29, 1.82) is 0 Å². The van der Waals surface area contributed by atoms with Crippen LogP contribution in [0.25, 0.3) is 0 Å². The first-order chi connectivity index (χ1) is 9.99. The Morgan fingerprint density at radius 3 is 2.86 bits per heavy atom. The third-order valence-corrected chi connectivity index (χ3v) is 2.98. The Morgan fingerprint density at radius 2 is 2.19 bits per heavy atom. The van der Waals surface area contributed by atoms with Crippen LogP contribution in [0, 0.1) is 22.9 Å². The van der Waals surface area contributed by atoms with Crippen molar-refractivity contribution in [3.63, 3.8) is 0 Å². The second-order valence-electron chi connectivity index (χ2n) is 4.41. The molecule has 1 aromatic carbocycles. The number of nitrogens with one attached hydrogen (secondary N) is 1. The van der Waals surface area contributed by atoms with Gasteiger partial charge in [0.1, 0.15) is 0 Å². The van der Waals surface area contributed by atoms with Crippen LogP contribution in [0.5, 0.6) is 0 Å². The Hall–Kier alpha value is -2.83. The summed E-state index contributed by atoms with van der Waals surface area (Å²) in [6.07, 6.45) is 3.28. The van der Waals surface area contributed by atoms with E-state index >= 15 is 0 Å². The number of aryl methyl sites for hydroxylation is 1. The van der Waals surface area contributed by atoms with Crippen LogP contribution in [0.15, 0.2) is 36.7 Å². The molecular formula is C14H12FN3O3. The Kier molecular flexibility index (Phi) is 4.22. The number of aromatic nitrogens is 1. The van der Waals surface area contributed by atoms with Gasteiger partial charge in [0.25, 0.3) is 5.91 Å². The highest BCUT2D eigenvalue weighted by molar-refractivity contribution is 5.94. The van der Waals surface area contributed by atoms with Gasteiger partial charge in [-0.1, -0.05) is 0 Å². The number of benzene rings is 1. The van der Waals surface area contributed by atoms with Crippen LogP contribution in [0.1, 0.15) is 21.5 Å². The van der Waals surface area contributed by atoms with E-state index in [1.807, 2.05) is 6.92 Å². The molecule has 0 atom stereocenters. The molecule has 6 nitrogen and oxygen atoms in total. The highest BCUT2D eigenvalue weighted by Gasteiger charge is 2.17. The molecule has 108 valence electrons. The van der Waals surface area contributed by atoms with Gasteiger partial charge in [-0.15, -0.1) is 0 Å². The second kappa shape index (κ2) is 6.08. The minimum atomic E-state index is -0.971. The van der Waals surface area contributed by atoms with Crippen LogP contribution in [-0.2, 0) is 6.54 Å². The van der Waals surface area contributed by atoms with E-state index in [-0.39, 0.29) is 12.1 Å². The predicted octanol–water partition coefficient (Wildman–Crippen LogP) is 2.37. The summed E-state index contributed by atoms with van der Waals surface area (Å²) in [5.41, 5.74) is 1.12. The first-order valence-corrected chi connectivity index (χ1v) is 6.10. The molecule has 1 amide bonds. The Labute approximate surface area is 119 Å². The first-order valence-electron chi connectivity index (χ1n) is 6.10. The zero-order chi connectivity index (χ0) is 15.4. The van der Waals surface area contributed by atoms with E-state index in [0.717, 1.165) is 23.3 Å². The van der Waals surface area contributed by atoms with E-state index in [1.165, 1.54) is 6.07 Å². The van der Waals surface area contributed by atoms with Crippen molar-refractivity contribution in [2.24, 2.45) is 0 Å². The molecule has 0 aliphatic carbocycles. The van der Waals surface area contributed by atoms with Crippen molar-refractivity contribution in [1.82, 2.24) is 10.3 Å². The standard InChI is InChI=1S/C14H12FN3O3/c1-9-7-16-5-4-11(9)8-17-14(19)10-2-3-12(15)13(6-10)18(20)21/h2-7H,8H2,1H3,(H,17,19). The van der Waals surface area contributed by atoms with Gasteiger partial charge in [0.05, 0.1) is 4.92 Å². The van der Waals surface area contributed by atoms with Crippen LogP contribution >= 0.6 is 0 Å². The van der Waals surface area contributed by atoms with Gasteiger partial charge in [0.15, 0.2) is 0 Å². The van der Waals surface area contributed by atoms with Crippen LogP contribution in [-0.4, -0.2) is 15.8 Å². The Morgan fingerprint density at radius 1 is 1.43 bits per heavy atom. The monoisotopic (exact) mass is 289 g/mol. The maximum absolute atomic E-state index is 13.2. The van der Waals surface area contributed by atoms with Gasteiger partial charge < -0.3 is 5.32 Å². The van der Waals surface area contributed by atoms with E-state index < -0.39 is 22.3 Å². The molecule has 0 saturated carbocycles. The number of hydrogen-bond donors (Lipinski definition) is 1.